The van der Waals surface area contributed by atoms with Crippen LogP contribution in [0.25, 0.3) is 0 Å². The van der Waals surface area contributed by atoms with Gasteiger partial charge in [0.05, 0.1) is 13.2 Å². The second kappa shape index (κ2) is 7.26. The fourth-order valence-electron chi connectivity index (χ4n) is 2.59. The summed E-state index contributed by atoms with van der Waals surface area (Å²) >= 11 is 0. The molecule has 1 aliphatic rings. The molecule has 0 saturated heterocycles. The van der Waals surface area contributed by atoms with Crippen molar-refractivity contribution in [3.05, 3.63) is 0 Å². The Labute approximate surface area is 113 Å². The molecule has 0 amide bonds. The van der Waals surface area contributed by atoms with E-state index in [0.29, 0.717) is 19.3 Å². The number of rotatable bonds is 5. The number of esters is 2. The van der Waals surface area contributed by atoms with Crippen molar-refractivity contribution in [1.29, 1.82) is 0 Å². The molecule has 0 N–H and O–H groups in total. The lowest BCUT2D eigenvalue weighted by Gasteiger charge is -2.31. The summed E-state index contributed by atoms with van der Waals surface area (Å²) in [6.07, 6.45) is 1.91. The number of carbonyl (C=O) groups is 3. The zero-order chi connectivity index (χ0) is 14.4. The van der Waals surface area contributed by atoms with Gasteiger partial charge in [0, 0.05) is 12.3 Å². The van der Waals surface area contributed by atoms with Crippen LogP contribution in [0.5, 0.6) is 0 Å². The Morgan fingerprint density at radius 2 is 1.74 bits per heavy atom. The maximum Gasteiger partial charge on any atom is 0.320 e. The molecule has 0 aromatic carbocycles. The second-order valence-corrected chi connectivity index (χ2v) is 4.79. The zero-order valence-corrected chi connectivity index (χ0v) is 11.8. The van der Waals surface area contributed by atoms with Crippen LogP contribution in [0.1, 0.15) is 40.0 Å². The van der Waals surface area contributed by atoms with Crippen molar-refractivity contribution in [3.8, 4) is 0 Å². The van der Waals surface area contributed by atoms with Crippen LogP contribution in [0.4, 0.5) is 0 Å². The van der Waals surface area contributed by atoms with E-state index in [2.05, 4.69) is 0 Å². The van der Waals surface area contributed by atoms with Gasteiger partial charge in [-0.05, 0) is 32.6 Å². The smallest absolute Gasteiger partial charge is 0.320 e. The van der Waals surface area contributed by atoms with E-state index in [1.54, 1.807) is 20.8 Å². The molecule has 5 heteroatoms. The van der Waals surface area contributed by atoms with E-state index in [-0.39, 0.29) is 30.8 Å². The van der Waals surface area contributed by atoms with E-state index >= 15 is 0 Å². The van der Waals surface area contributed by atoms with Crippen molar-refractivity contribution in [1.82, 2.24) is 0 Å². The SMILES string of the molecule is CCOC(=O)C(C(=O)OCC)C1CCCC(=O)C1C. The molecule has 1 fully saturated rings. The zero-order valence-electron chi connectivity index (χ0n) is 11.8. The highest BCUT2D eigenvalue weighted by Crippen LogP contribution is 2.34. The molecule has 0 radical (unpaired) electrons. The number of Topliss-reactive ketones (excluding diaryl/α,β-unsaturated/α-hetero) is 1. The van der Waals surface area contributed by atoms with Gasteiger partial charge in [0.25, 0.3) is 0 Å². The third-order valence-corrected chi connectivity index (χ3v) is 3.62. The van der Waals surface area contributed by atoms with E-state index in [1.807, 2.05) is 0 Å². The predicted molar refractivity (Wildman–Crippen MR) is 68.3 cm³/mol. The highest BCUT2D eigenvalue weighted by atomic mass is 16.6. The molecule has 0 aromatic rings. The number of hydrogen-bond acceptors (Lipinski definition) is 5. The van der Waals surface area contributed by atoms with Gasteiger partial charge in [0.15, 0.2) is 5.92 Å². The summed E-state index contributed by atoms with van der Waals surface area (Å²) in [6.45, 7) is 5.58. The van der Waals surface area contributed by atoms with Gasteiger partial charge in [-0.2, -0.15) is 0 Å². The first-order valence-corrected chi connectivity index (χ1v) is 6.88. The number of carbonyl (C=O) groups excluding carboxylic acids is 3. The fourth-order valence-corrected chi connectivity index (χ4v) is 2.59. The molecule has 1 saturated carbocycles. The molecule has 1 rings (SSSR count). The van der Waals surface area contributed by atoms with Gasteiger partial charge in [0.1, 0.15) is 5.78 Å². The minimum Gasteiger partial charge on any atom is -0.465 e. The summed E-state index contributed by atoms with van der Waals surface area (Å²) in [7, 11) is 0. The predicted octanol–water partition coefficient (Wildman–Crippen LogP) is 1.73. The summed E-state index contributed by atoms with van der Waals surface area (Å²) in [6, 6.07) is 0. The molecular weight excluding hydrogens is 248 g/mol. The maximum absolute atomic E-state index is 12.0. The van der Waals surface area contributed by atoms with Gasteiger partial charge in [-0.25, -0.2) is 0 Å². The summed E-state index contributed by atoms with van der Waals surface area (Å²) in [5, 5.41) is 0. The molecule has 0 heterocycles. The Hall–Kier alpha value is -1.39. The molecule has 108 valence electrons. The highest BCUT2D eigenvalue weighted by Gasteiger charge is 2.43. The third-order valence-electron chi connectivity index (χ3n) is 3.62. The van der Waals surface area contributed by atoms with E-state index in [4.69, 9.17) is 9.47 Å². The monoisotopic (exact) mass is 270 g/mol. The Morgan fingerprint density at radius 1 is 1.21 bits per heavy atom. The van der Waals surface area contributed by atoms with E-state index < -0.39 is 17.9 Å². The lowest BCUT2D eigenvalue weighted by molar-refractivity contribution is -0.166. The first kappa shape index (κ1) is 15.7. The molecule has 0 bridgehead atoms. The van der Waals surface area contributed by atoms with Crippen molar-refractivity contribution in [2.24, 2.45) is 17.8 Å². The molecule has 2 atom stereocenters. The van der Waals surface area contributed by atoms with E-state index in [9.17, 15) is 14.4 Å². The fraction of sp³-hybridized carbons (Fsp3) is 0.786. The van der Waals surface area contributed by atoms with Crippen molar-refractivity contribution in [2.45, 2.75) is 40.0 Å². The van der Waals surface area contributed by atoms with Gasteiger partial charge in [-0.1, -0.05) is 6.92 Å². The lowest BCUT2D eigenvalue weighted by Crippen LogP contribution is -2.41. The molecule has 0 spiro atoms. The average molecular weight is 270 g/mol. The Kier molecular flexibility index (Phi) is 5.99. The number of hydrogen-bond donors (Lipinski definition) is 0. The average Bonchev–Trinajstić information content (AvgIpc) is 2.35. The summed E-state index contributed by atoms with van der Waals surface area (Å²) in [5.41, 5.74) is 0. The van der Waals surface area contributed by atoms with Gasteiger partial charge >= 0.3 is 11.9 Å². The number of ether oxygens (including phenoxy) is 2. The molecule has 19 heavy (non-hydrogen) atoms. The van der Waals surface area contributed by atoms with Gasteiger partial charge < -0.3 is 9.47 Å². The van der Waals surface area contributed by atoms with Crippen molar-refractivity contribution < 1.29 is 23.9 Å². The van der Waals surface area contributed by atoms with Crippen molar-refractivity contribution in [2.75, 3.05) is 13.2 Å². The van der Waals surface area contributed by atoms with Crippen LogP contribution in [-0.2, 0) is 23.9 Å². The van der Waals surface area contributed by atoms with Crippen molar-refractivity contribution >= 4 is 17.7 Å². The van der Waals surface area contributed by atoms with Crippen LogP contribution in [0.3, 0.4) is 0 Å². The molecular formula is C14H22O5. The molecule has 0 aromatic heterocycles. The Bertz CT molecular complexity index is 332. The highest BCUT2D eigenvalue weighted by molar-refractivity contribution is 5.96. The van der Waals surface area contributed by atoms with Crippen LogP contribution in [-0.4, -0.2) is 30.9 Å². The normalized spacial score (nSPS) is 23.3. The van der Waals surface area contributed by atoms with E-state index in [0.717, 1.165) is 0 Å². The topological polar surface area (TPSA) is 69.7 Å². The summed E-state index contributed by atoms with van der Waals surface area (Å²) in [4.78, 5) is 35.7. The van der Waals surface area contributed by atoms with E-state index in [1.165, 1.54) is 0 Å². The lowest BCUT2D eigenvalue weighted by atomic mass is 9.72. The van der Waals surface area contributed by atoms with Crippen LogP contribution in [0.15, 0.2) is 0 Å². The molecule has 5 nitrogen and oxygen atoms in total. The van der Waals surface area contributed by atoms with Crippen LogP contribution in [0, 0.1) is 17.8 Å². The Morgan fingerprint density at radius 3 is 2.21 bits per heavy atom. The Balaban J connectivity index is 2.91. The minimum atomic E-state index is -0.973. The minimum absolute atomic E-state index is 0.106. The first-order valence-electron chi connectivity index (χ1n) is 6.88. The van der Waals surface area contributed by atoms with Crippen molar-refractivity contribution in [3.63, 3.8) is 0 Å². The van der Waals surface area contributed by atoms with Crippen LogP contribution < -0.4 is 0 Å². The summed E-state index contributed by atoms with van der Waals surface area (Å²) in [5.74, 6) is -2.62. The second-order valence-electron chi connectivity index (χ2n) is 4.79. The number of ketones is 1. The molecule has 1 aliphatic carbocycles. The van der Waals surface area contributed by atoms with Crippen LogP contribution >= 0.6 is 0 Å². The van der Waals surface area contributed by atoms with Crippen LogP contribution in [0.2, 0.25) is 0 Å². The standard InChI is InChI=1S/C14H22O5/c1-4-18-13(16)12(14(17)19-5-2)10-7-6-8-11(15)9(10)3/h9-10,12H,4-8H2,1-3H3. The summed E-state index contributed by atoms with van der Waals surface area (Å²) < 4.78 is 9.91. The molecule has 2 unspecified atom stereocenters. The first-order chi connectivity index (χ1) is 9.02. The molecule has 0 aliphatic heterocycles. The largest absolute Gasteiger partial charge is 0.465 e. The quantitative estimate of drug-likeness (QED) is 0.562. The third kappa shape index (κ3) is 3.78. The van der Waals surface area contributed by atoms with Gasteiger partial charge in [0.2, 0.25) is 0 Å². The van der Waals surface area contributed by atoms with Gasteiger partial charge in [-0.15, -0.1) is 0 Å². The maximum atomic E-state index is 12.0. The van der Waals surface area contributed by atoms with Gasteiger partial charge in [-0.3, -0.25) is 14.4 Å².